The summed E-state index contributed by atoms with van der Waals surface area (Å²) in [5, 5.41) is 3.53. The van der Waals surface area contributed by atoms with Gasteiger partial charge in [-0.3, -0.25) is 4.98 Å². The van der Waals surface area contributed by atoms with Crippen molar-refractivity contribution in [2.75, 3.05) is 0 Å². The lowest BCUT2D eigenvalue weighted by atomic mass is 9.90. The van der Waals surface area contributed by atoms with E-state index in [2.05, 4.69) is 120 Å². The Bertz CT molecular complexity index is 2080. The van der Waals surface area contributed by atoms with Crippen molar-refractivity contribution >= 4 is 38.9 Å². The zero-order chi connectivity index (χ0) is 27.9. The van der Waals surface area contributed by atoms with E-state index in [0.29, 0.717) is 0 Å². The van der Waals surface area contributed by atoms with Crippen molar-refractivity contribution in [1.29, 1.82) is 0 Å². The Morgan fingerprint density at radius 1 is 0.667 bits per heavy atom. The Kier molecular flexibility index (Phi) is 6.03. The van der Waals surface area contributed by atoms with Crippen molar-refractivity contribution in [3.63, 3.8) is 0 Å². The van der Waals surface area contributed by atoms with Crippen LogP contribution in [0.4, 0.5) is 0 Å². The Balaban J connectivity index is 1.20. The van der Waals surface area contributed by atoms with Gasteiger partial charge in [0.25, 0.3) is 0 Å². The summed E-state index contributed by atoms with van der Waals surface area (Å²) < 4.78 is 0. The number of hydrogen-bond acceptors (Lipinski definition) is 4. The Morgan fingerprint density at radius 2 is 1.50 bits per heavy atom. The van der Waals surface area contributed by atoms with Crippen molar-refractivity contribution in [3.8, 4) is 11.4 Å². The van der Waals surface area contributed by atoms with Crippen LogP contribution in [0, 0.1) is 0 Å². The van der Waals surface area contributed by atoms with Crippen LogP contribution < -0.4 is 0 Å². The molecule has 0 spiro atoms. The van der Waals surface area contributed by atoms with Gasteiger partial charge in [0.2, 0.25) is 0 Å². The molecule has 0 radical (unpaired) electrons. The van der Waals surface area contributed by atoms with Gasteiger partial charge in [-0.2, -0.15) is 0 Å². The Labute approximate surface area is 244 Å². The highest BCUT2D eigenvalue weighted by atomic mass is 15.0. The van der Waals surface area contributed by atoms with E-state index in [-0.39, 0.29) is 5.92 Å². The fourth-order valence-corrected chi connectivity index (χ4v) is 6.12. The average Bonchev–Trinajstić information content (AvgIpc) is 3.07. The molecule has 8 rings (SSSR count). The average molecular weight is 541 g/mol. The normalized spacial score (nSPS) is 16.2. The van der Waals surface area contributed by atoms with Crippen LogP contribution in [0.1, 0.15) is 47.1 Å². The van der Waals surface area contributed by atoms with Gasteiger partial charge in [0.05, 0.1) is 5.52 Å². The zero-order valence-corrected chi connectivity index (χ0v) is 23.1. The topological polar surface area (TPSA) is 51.6 Å². The molecule has 2 heterocycles. The summed E-state index contributed by atoms with van der Waals surface area (Å²) in [6.45, 7) is 0. The Morgan fingerprint density at radius 3 is 2.43 bits per heavy atom. The van der Waals surface area contributed by atoms with E-state index >= 15 is 0 Å². The summed E-state index contributed by atoms with van der Waals surface area (Å²) in [6.07, 6.45) is 13.6. The molecule has 0 N–H and O–H groups in total. The molecule has 0 fully saturated rings. The third-order valence-electron chi connectivity index (χ3n) is 8.37. The second kappa shape index (κ2) is 10.3. The molecule has 6 aromatic rings. The van der Waals surface area contributed by atoms with Gasteiger partial charge >= 0.3 is 0 Å². The maximum absolute atomic E-state index is 5.11. The van der Waals surface area contributed by atoms with Crippen LogP contribution in [-0.2, 0) is 6.42 Å². The largest absolute Gasteiger partial charge is 0.256 e. The quantitative estimate of drug-likeness (QED) is 0.224. The highest BCUT2D eigenvalue weighted by Crippen LogP contribution is 2.35. The van der Waals surface area contributed by atoms with Gasteiger partial charge in [-0.1, -0.05) is 103 Å². The first kappa shape index (κ1) is 24.6. The summed E-state index contributed by atoms with van der Waals surface area (Å²) in [7, 11) is 0. The summed E-state index contributed by atoms with van der Waals surface area (Å²) in [5.74, 6) is 2.38. The van der Waals surface area contributed by atoms with E-state index in [1.807, 2.05) is 12.3 Å². The summed E-state index contributed by atoms with van der Waals surface area (Å²) in [5.41, 5.74) is 8.17. The first-order chi connectivity index (χ1) is 20.8. The number of pyridine rings is 1. The minimum Gasteiger partial charge on any atom is -0.256 e. The van der Waals surface area contributed by atoms with Crippen molar-refractivity contribution < 1.29 is 0 Å². The molecule has 4 aromatic carbocycles. The Hall–Kier alpha value is -5.22. The van der Waals surface area contributed by atoms with E-state index < -0.39 is 0 Å². The van der Waals surface area contributed by atoms with E-state index in [4.69, 9.17) is 15.0 Å². The lowest BCUT2D eigenvalue weighted by molar-refractivity contribution is 0.756. The molecule has 2 aromatic heterocycles. The van der Waals surface area contributed by atoms with Gasteiger partial charge in [0.15, 0.2) is 11.6 Å². The zero-order valence-electron chi connectivity index (χ0n) is 23.1. The molecule has 1 atom stereocenters. The second-order valence-corrected chi connectivity index (χ2v) is 11.0. The third kappa shape index (κ3) is 4.51. The van der Waals surface area contributed by atoms with Crippen LogP contribution in [0.5, 0.6) is 0 Å². The monoisotopic (exact) mass is 540 g/mol. The van der Waals surface area contributed by atoms with E-state index in [9.17, 15) is 0 Å². The molecular formula is C38H28N4. The van der Waals surface area contributed by atoms with Gasteiger partial charge in [-0.25, -0.2) is 15.0 Å². The molecule has 0 aliphatic heterocycles. The molecule has 0 bridgehead atoms. The van der Waals surface area contributed by atoms with Crippen LogP contribution in [0.3, 0.4) is 0 Å². The minimum absolute atomic E-state index is 0.0640. The van der Waals surface area contributed by atoms with E-state index in [1.165, 1.54) is 27.5 Å². The first-order valence-corrected chi connectivity index (χ1v) is 14.5. The SMILES string of the molecule is C1=CC(c2nc(C3=Cc4ccccc4CC3)nc(-c3ccc4ccccc4c3)n2)CC=C1c1cccc2cccnc12. The van der Waals surface area contributed by atoms with Gasteiger partial charge in [-0.05, 0) is 70.5 Å². The lowest BCUT2D eigenvalue weighted by Crippen LogP contribution is -2.11. The molecule has 0 saturated heterocycles. The number of aryl methyl sites for hydroxylation is 1. The third-order valence-corrected chi connectivity index (χ3v) is 8.37. The molecule has 42 heavy (non-hydrogen) atoms. The van der Waals surface area contributed by atoms with Gasteiger partial charge in [0, 0.05) is 28.6 Å². The minimum atomic E-state index is 0.0640. The number of fused-ring (bicyclic) bond motifs is 3. The molecule has 2 aliphatic rings. The molecule has 1 unspecified atom stereocenters. The van der Waals surface area contributed by atoms with Crippen LogP contribution in [-0.4, -0.2) is 19.9 Å². The fraction of sp³-hybridized carbons (Fsp3) is 0.105. The van der Waals surface area contributed by atoms with E-state index in [0.717, 1.165) is 64.3 Å². The predicted octanol–water partition coefficient (Wildman–Crippen LogP) is 8.85. The standard InChI is InChI=1S/C38H28N4/c1-3-9-30-23-32(20-14-25(30)7-1)37-40-36(41-38(42-37)33-21-15-26-8-2-4-10-31(26)24-33)29-18-16-27(17-19-29)34-13-5-11-28-12-6-22-39-35(28)34/h1-14,16-18,20,22-24,29H,15,19,21H2. The molecule has 0 saturated carbocycles. The molecular weight excluding hydrogens is 512 g/mol. The highest BCUT2D eigenvalue weighted by molar-refractivity contribution is 5.93. The van der Waals surface area contributed by atoms with Crippen LogP contribution in [0.2, 0.25) is 0 Å². The smallest absolute Gasteiger partial charge is 0.163 e. The van der Waals surface area contributed by atoms with E-state index in [1.54, 1.807) is 0 Å². The molecule has 0 amide bonds. The summed E-state index contributed by atoms with van der Waals surface area (Å²) in [6, 6.07) is 33.9. The van der Waals surface area contributed by atoms with Crippen LogP contribution >= 0.6 is 0 Å². The molecule has 4 heteroatoms. The predicted molar refractivity (Wildman–Crippen MR) is 172 cm³/mol. The first-order valence-electron chi connectivity index (χ1n) is 14.5. The summed E-state index contributed by atoms with van der Waals surface area (Å²) in [4.78, 5) is 19.9. The van der Waals surface area contributed by atoms with Crippen molar-refractivity contribution in [3.05, 3.63) is 150 Å². The van der Waals surface area contributed by atoms with Crippen molar-refractivity contribution in [2.24, 2.45) is 0 Å². The van der Waals surface area contributed by atoms with Gasteiger partial charge < -0.3 is 0 Å². The van der Waals surface area contributed by atoms with Gasteiger partial charge in [0.1, 0.15) is 5.82 Å². The molecule has 4 nitrogen and oxygen atoms in total. The number of allylic oxidation sites excluding steroid dienone is 5. The number of nitrogens with zero attached hydrogens (tertiary/aromatic N) is 4. The van der Waals surface area contributed by atoms with Gasteiger partial charge in [-0.15, -0.1) is 0 Å². The number of rotatable bonds is 4. The van der Waals surface area contributed by atoms with Crippen molar-refractivity contribution in [2.45, 2.75) is 25.2 Å². The maximum atomic E-state index is 5.11. The number of hydrogen-bond donors (Lipinski definition) is 0. The van der Waals surface area contributed by atoms with Crippen LogP contribution in [0.15, 0.2) is 121 Å². The number of aromatic nitrogens is 4. The summed E-state index contributed by atoms with van der Waals surface area (Å²) >= 11 is 0. The van der Waals surface area contributed by atoms with Crippen molar-refractivity contribution in [1.82, 2.24) is 19.9 Å². The lowest BCUT2D eigenvalue weighted by Gasteiger charge is -2.19. The highest BCUT2D eigenvalue weighted by Gasteiger charge is 2.21. The fourth-order valence-electron chi connectivity index (χ4n) is 6.12. The number of para-hydroxylation sites is 1. The molecule has 200 valence electrons. The van der Waals surface area contributed by atoms with Crippen LogP contribution in [0.25, 0.3) is 50.3 Å². The molecule has 2 aliphatic carbocycles. The number of benzene rings is 4. The maximum Gasteiger partial charge on any atom is 0.163 e. The second-order valence-electron chi connectivity index (χ2n) is 11.0.